The molecule has 6 rings (SSSR count). The van der Waals surface area contributed by atoms with Gasteiger partial charge in [0.2, 0.25) is 0 Å². The molecule has 0 bridgehead atoms. The number of halogens is 1. The van der Waals surface area contributed by atoms with E-state index in [0.29, 0.717) is 0 Å². The molecule has 0 saturated carbocycles. The van der Waals surface area contributed by atoms with Crippen molar-refractivity contribution in [1.82, 2.24) is 0 Å². The minimum Gasteiger partial charge on any atom is -0.107 e. The van der Waals surface area contributed by atoms with E-state index in [1.165, 1.54) is 31.8 Å². The van der Waals surface area contributed by atoms with E-state index in [2.05, 4.69) is 202 Å². The van der Waals surface area contributed by atoms with Gasteiger partial charge in [-0.1, -0.05) is 182 Å². The molecule has 0 N–H and O–H groups in total. The van der Waals surface area contributed by atoms with Crippen LogP contribution in [-0.4, -0.2) is 20.0 Å². The van der Waals surface area contributed by atoms with Gasteiger partial charge in [0.25, 0.3) is 0 Å². The molecule has 0 saturated heterocycles. The lowest BCUT2D eigenvalue weighted by atomic mass is 10.4. The molecular formula is C39H40IP3. The van der Waals surface area contributed by atoms with E-state index < -0.39 is 0 Å². The number of benzene rings is 6. The van der Waals surface area contributed by atoms with Crippen molar-refractivity contribution in [3.63, 3.8) is 0 Å². The summed E-state index contributed by atoms with van der Waals surface area (Å²) < 4.78 is 0. The van der Waals surface area contributed by atoms with Gasteiger partial charge < -0.3 is 0 Å². The van der Waals surface area contributed by atoms with Crippen LogP contribution < -0.4 is 31.8 Å². The van der Waals surface area contributed by atoms with Crippen LogP contribution in [0.5, 0.6) is 0 Å². The maximum atomic E-state index is 2.31. The third-order valence-corrected chi connectivity index (χ3v) is 13.3. The molecule has 4 heteroatoms. The summed E-state index contributed by atoms with van der Waals surface area (Å²) in [5.41, 5.74) is 0. The molecule has 218 valence electrons. The third kappa shape index (κ3) is 11.4. The van der Waals surface area contributed by atoms with Gasteiger partial charge in [0.05, 0.1) is 0 Å². The van der Waals surface area contributed by atoms with E-state index in [1.807, 2.05) is 0 Å². The van der Waals surface area contributed by atoms with Gasteiger partial charge >= 0.3 is 0 Å². The van der Waals surface area contributed by atoms with Gasteiger partial charge in [0.1, 0.15) is 0 Å². The maximum Gasteiger partial charge on any atom is -0.0198 e. The maximum absolute atomic E-state index is 2.31. The van der Waals surface area contributed by atoms with Gasteiger partial charge in [-0.25, -0.2) is 0 Å². The molecule has 0 aliphatic heterocycles. The van der Waals surface area contributed by atoms with Crippen molar-refractivity contribution in [3.05, 3.63) is 182 Å². The van der Waals surface area contributed by atoms with E-state index in [0.717, 1.165) is 0 Å². The van der Waals surface area contributed by atoms with Crippen molar-refractivity contribution < 1.29 is 0 Å². The highest BCUT2D eigenvalue weighted by Gasteiger charge is 2.07. The summed E-state index contributed by atoms with van der Waals surface area (Å²) in [4.78, 5) is 0. The first-order valence-electron chi connectivity index (χ1n) is 14.1. The van der Waals surface area contributed by atoms with Crippen LogP contribution in [-0.2, 0) is 0 Å². The molecule has 0 aromatic heterocycles. The van der Waals surface area contributed by atoms with Crippen LogP contribution in [0.25, 0.3) is 0 Å². The van der Waals surface area contributed by atoms with Crippen LogP contribution >= 0.6 is 47.7 Å². The fraction of sp³-hybridized carbons (Fsp3) is 0.0769. The second-order valence-corrected chi connectivity index (χ2v) is 16.1. The van der Waals surface area contributed by atoms with Gasteiger partial charge in [-0.2, -0.15) is 0 Å². The normalized spacial score (nSPS) is 10.2. The van der Waals surface area contributed by atoms with Crippen LogP contribution in [0.4, 0.5) is 0 Å². The Morgan fingerprint density at radius 1 is 0.233 bits per heavy atom. The van der Waals surface area contributed by atoms with Crippen molar-refractivity contribution in [2.45, 2.75) is 0 Å². The molecule has 6 aromatic carbocycles. The van der Waals surface area contributed by atoms with Gasteiger partial charge in [-0.3, -0.25) is 0 Å². The first kappa shape index (κ1) is 34.8. The highest BCUT2D eigenvalue weighted by molar-refractivity contribution is 14.0. The molecule has 0 fully saturated rings. The lowest BCUT2D eigenvalue weighted by molar-refractivity contribution is 1.75. The minimum absolute atomic E-state index is 0. The summed E-state index contributed by atoms with van der Waals surface area (Å²) in [6.45, 7) is 6.92. The summed E-state index contributed by atoms with van der Waals surface area (Å²) in [6.07, 6.45) is 0. The molecule has 43 heavy (non-hydrogen) atoms. The number of hydrogen-bond donors (Lipinski definition) is 0. The molecule has 0 amide bonds. The topological polar surface area (TPSA) is 0 Å². The van der Waals surface area contributed by atoms with Crippen LogP contribution in [0.1, 0.15) is 0 Å². The van der Waals surface area contributed by atoms with E-state index in [-0.39, 0.29) is 47.7 Å². The van der Waals surface area contributed by atoms with E-state index in [9.17, 15) is 0 Å². The Labute approximate surface area is 279 Å². The van der Waals surface area contributed by atoms with Crippen molar-refractivity contribution in [2.75, 3.05) is 20.0 Å². The zero-order chi connectivity index (χ0) is 29.4. The highest BCUT2D eigenvalue weighted by atomic mass is 127. The smallest absolute Gasteiger partial charge is 0.0198 e. The number of hydrogen-bond acceptors (Lipinski definition) is 0. The Morgan fingerprint density at radius 3 is 0.465 bits per heavy atom. The Kier molecular flexibility index (Phi) is 15.9. The zero-order valence-electron chi connectivity index (χ0n) is 25.1. The molecule has 0 aliphatic carbocycles. The predicted octanol–water partition coefficient (Wildman–Crippen LogP) is 8.87. The van der Waals surface area contributed by atoms with E-state index >= 15 is 0 Å². The van der Waals surface area contributed by atoms with Crippen LogP contribution in [0.3, 0.4) is 0 Å². The fourth-order valence-corrected chi connectivity index (χ4v) is 8.97. The molecule has 0 radical (unpaired) electrons. The van der Waals surface area contributed by atoms with E-state index in [4.69, 9.17) is 0 Å². The van der Waals surface area contributed by atoms with Gasteiger partial charge in [0, 0.05) is 0 Å². The summed E-state index contributed by atoms with van der Waals surface area (Å²) in [5.74, 6) is 0. The van der Waals surface area contributed by atoms with Crippen molar-refractivity contribution >= 4 is 79.6 Å². The monoisotopic (exact) mass is 728 g/mol. The molecule has 0 spiro atoms. The lowest BCUT2D eigenvalue weighted by Gasteiger charge is -2.12. The molecule has 0 heterocycles. The summed E-state index contributed by atoms with van der Waals surface area (Å²) in [5, 5.41) is 8.63. The largest absolute Gasteiger partial charge is 0.107 e. The molecule has 0 nitrogen and oxygen atoms in total. The average molecular weight is 729 g/mol. The molecular weight excluding hydrogens is 688 g/mol. The van der Waals surface area contributed by atoms with Crippen molar-refractivity contribution in [2.24, 2.45) is 0 Å². The Hall–Kier alpha value is -2.66. The van der Waals surface area contributed by atoms with Gasteiger partial charge in [-0.05, 0) is 75.6 Å². The first-order chi connectivity index (χ1) is 20.6. The fourth-order valence-electron chi connectivity index (χ4n) is 4.36. The zero-order valence-corrected chi connectivity index (χ0v) is 30.1. The summed E-state index contributed by atoms with van der Waals surface area (Å²) in [7, 11) is -0.512. The van der Waals surface area contributed by atoms with E-state index in [1.54, 1.807) is 0 Å². The first-order valence-corrected chi connectivity index (χ1v) is 19.5. The standard InChI is InChI=1S/3C13H13P.HI/c3*1-14(12-8-4-2-5-9-12)13-10-6-3-7-11-13;/h3*2-11H,1H3;1H. The average Bonchev–Trinajstić information content (AvgIpc) is 3.10. The second kappa shape index (κ2) is 19.6. The lowest BCUT2D eigenvalue weighted by Crippen LogP contribution is -2.09. The SMILES string of the molecule is CP(c1ccccc1)c1ccccc1.CP(c1ccccc1)c1ccccc1.CP(c1ccccc1)c1ccccc1.I. The van der Waals surface area contributed by atoms with Crippen molar-refractivity contribution in [1.29, 1.82) is 0 Å². The highest BCUT2D eigenvalue weighted by Crippen LogP contribution is 2.29. The summed E-state index contributed by atoms with van der Waals surface area (Å²) in [6, 6.07) is 64.2. The Balaban J connectivity index is 0.000000175. The molecule has 0 aliphatic rings. The Morgan fingerprint density at radius 2 is 0.349 bits per heavy atom. The van der Waals surface area contributed by atoms with Crippen molar-refractivity contribution in [3.8, 4) is 0 Å². The quantitative estimate of drug-likeness (QED) is 0.119. The molecule has 0 atom stereocenters. The minimum atomic E-state index is -0.171. The van der Waals surface area contributed by atoms with Gasteiger partial charge in [-0.15, -0.1) is 24.0 Å². The third-order valence-electron chi connectivity index (χ3n) is 6.86. The van der Waals surface area contributed by atoms with Crippen LogP contribution in [0.15, 0.2) is 182 Å². The second-order valence-electron chi connectivity index (χ2n) is 9.69. The summed E-state index contributed by atoms with van der Waals surface area (Å²) >= 11 is 0. The number of rotatable bonds is 6. The molecule has 0 unspecified atom stereocenters. The van der Waals surface area contributed by atoms with Crippen LogP contribution in [0.2, 0.25) is 0 Å². The van der Waals surface area contributed by atoms with Crippen LogP contribution in [0, 0.1) is 0 Å². The Bertz CT molecular complexity index is 1220. The predicted molar refractivity (Wildman–Crippen MR) is 210 cm³/mol. The molecule has 6 aromatic rings. The van der Waals surface area contributed by atoms with Gasteiger partial charge in [0.15, 0.2) is 0 Å².